The normalized spacial score (nSPS) is 19.5. The van der Waals surface area contributed by atoms with Crippen molar-refractivity contribution in [3.05, 3.63) is 35.6 Å². The van der Waals surface area contributed by atoms with Crippen molar-refractivity contribution < 1.29 is 4.39 Å². The smallest absolute Gasteiger partial charge is 0.123 e. The molecule has 2 nitrogen and oxygen atoms in total. The van der Waals surface area contributed by atoms with Gasteiger partial charge < -0.3 is 5.32 Å². The molecule has 1 aliphatic heterocycles. The van der Waals surface area contributed by atoms with Crippen LogP contribution in [0.1, 0.15) is 37.8 Å². The lowest BCUT2D eigenvalue weighted by Crippen LogP contribution is -2.38. The molecule has 1 saturated heterocycles. The third-order valence-corrected chi connectivity index (χ3v) is 4.20. The topological polar surface area (TPSA) is 15.3 Å². The maximum atomic E-state index is 13.4. The maximum Gasteiger partial charge on any atom is 0.123 e. The molecule has 1 aromatic rings. The summed E-state index contributed by atoms with van der Waals surface area (Å²) < 4.78 is 13.4. The van der Waals surface area contributed by atoms with Crippen LogP contribution >= 0.6 is 0 Å². The Hall–Kier alpha value is -0.930. The van der Waals surface area contributed by atoms with Crippen LogP contribution in [0.5, 0.6) is 0 Å². The summed E-state index contributed by atoms with van der Waals surface area (Å²) >= 11 is 0. The van der Waals surface area contributed by atoms with E-state index >= 15 is 0 Å². The molecule has 0 bridgehead atoms. The highest BCUT2D eigenvalue weighted by molar-refractivity contribution is 5.20. The summed E-state index contributed by atoms with van der Waals surface area (Å²) in [5.41, 5.74) is 1.12. The molecule has 1 heterocycles. The highest BCUT2D eigenvalue weighted by Gasteiger charge is 2.24. The van der Waals surface area contributed by atoms with Crippen molar-refractivity contribution in [2.75, 3.05) is 26.7 Å². The molecule has 1 N–H and O–H groups in total. The van der Waals surface area contributed by atoms with Crippen molar-refractivity contribution in [1.29, 1.82) is 0 Å². The van der Waals surface area contributed by atoms with Crippen molar-refractivity contribution in [3.8, 4) is 0 Å². The van der Waals surface area contributed by atoms with Gasteiger partial charge in [-0.1, -0.05) is 19.1 Å². The van der Waals surface area contributed by atoms with Crippen LogP contribution in [0.15, 0.2) is 24.3 Å². The fourth-order valence-electron chi connectivity index (χ4n) is 3.18. The highest BCUT2D eigenvalue weighted by atomic mass is 19.1. The van der Waals surface area contributed by atoms with Crippen molar-refractivity contribution in [3.63, 3.8) is 0 Å². The number of nitrogens with one attached hydrogen (secondary N) is 1. The zero-order valence-electron chi connectivity index (χ0n) is 12.0. The van der Waals surface area contributed by atoms with Gasteiger partial charge in [-0.05, 0) is 69.6 Å². The third kappa shape index (κ3) is 3.77. The Kier molecular flexibility index (Phi) is 5.34. The Morgan fingerprint density at radius 3 is 2.68 bits per heavy atom. The summed E-state index contributed by atoms with van der Waals surface area (Å²) in [6, 6.07) is 7.45. The van der Waals surface area contributed by atoms with Gasteiger partial charge in [0.1, 0.15) is 5.82 Å². The number of hydrogen-bond donors (Lipinski definition) is 1. The van der Waals surface area contributed by atoms with Crippen LogP contribution in [0, 0.1) is 11.7 Å². The molecular weight excluding hydrogens is 239 g/mol. The highest BCUT2D eigenvalue weighted by Crippen LogP contribution is 2.29. The Labute approximate surface area is 116 Å². The zero-order chi connectivity index (χ0) is 13.7. The molecule has 106 valence electrons. The molecule has 0 saturated carbocycles. The molecule has 1 fully saturated rings. The van der Waals surface area contributed by atoms with Crippen LogP contribution in [0.25, 0.3) is 0 Å². The first-order valence-electron chi connectivity index (χ1n) is 7.38. The molecule has 1 aliphatic rings. The second-order valence-corrected chi connectivity index (χ2v) is 5.52. The summed E-state index contributed by atoms with van der Waals surface area (Å²) in [6.45, 7) is 5.56. The fourth-order valence-corrected chi connectivity index (χ4v) is 3.18. The largest absolute Gasteiger partial charge is 0.319 e. The van der Waals surface area contributed by atoms with E-state index in [4.69, 9.17) is 0 Å². The predicted molar refractivity (Wildman–Crippen MR) is 77.7 cm³/mol. The fraction of sp³-hybridized carbons (Fsp3) is 0.625. The molecule has 19 heavy (non-hydrogen) atoms. The molecule has 0 spiro atoms. The SMILES string of the molecule is CCC(c1cccc(F)c1)N1CCC(CNC)CC1. The minimum Gasteiger partial charge on any atom is -0.319 e. The van der Waals surface area contributed by atoms with Crippen LogP contribution < -0.4 is 5.32 Å². The van der Waals surface area contributed by atoms with E-state index in [1.54, 1.807) is 6.07 Å². The van der Waals surface area contributed by atoms with Crippen molar-refractivity contribution in [1.82, 2.24) is 10.2 Å². The average Bonchev–Trinajstić information content (AvgIpc) is 2.42. The summed E-state index contributed by atoms with van der Waals surface area (Å²) in [5.74, 6) is 0.673. The molecule has 3 heteroatoms. The molecule has 0 amide bonds. The Balaban J connectivity index is 1.99. The van der Waals surface area contributed by atoms with Gasteiger partial charge in [0.15, 0.2) is 0 Å². The number of rotatable bonds is 5. The van der Waals surface area contributed by atoms with E-state index in [0.717, 1.165) is 37.5 Å². The molecule has 1 atom stereocenters. The second kappa shape index (κ2) is 7.01. The minimum absolute atomic E-state index is 0.124. The molecule has 1 aromatic carbocycles. The van der Waals surface area contributed by atoms with Crippen LogP contribution in [-0.2, 0) is 0 Å². The van der Waals surface area contributed by atoms with Gasteiger partial charge in [0, 0.05) is 6.04 Å². The second-order valence-electron chi connectivity index (χ2n) is 5.52. The van der Waals surface area contributed by atoms with E-state index in [1.165, 1.54) is 18.9 Å². The molecule has 1 unspecified atom stereocenters. The van der Waals surface area contributed by atoms with Crippen molar-refractivity contribution >= 4 is 0 Å². The standard InChI is InChI=1S/C16H25FN2/c1-3-16(14-5-4-6-15(17)11-14)19-9-7-13(8-10-19)12-18-2/h4-6,11,13,16,18H,3,7-10,12H2,1-2H3. The lowest BCUT2D eigenvalue weighted by atomic mass is 9.93. The first-order chi connectivity index (χ1) is 9.24. The van der Waals surface area contributed by atoms with Crippen LogP contribution in [0.3, 0.4) is 0 Å². The first kappa shape index (κ1) is 14.5. The van der Waals surface area contributed by atoms with Gasteiger partial charge in [-0.25, -0.2) is 4.39 Å². The van der Waals surface area contributed by atoms with Crippen LogP contribution in [0.2, 0.25) is 0 Å². The zero-order valence-corrected chi connectivity index (χ0v) is 12.0. The monoisotopic (exact) mass is 264 g/mol. The number of halogens is 1. The number of hydrogen-bond acceptors (Lipinski definition) is 2. The van der Waals surface area contributed by atoms with Gasteiger partial charge in [-0.2, -0.15) is 0 Å². The number of piperidine rings is 1. The number of likely N-dealkylation sites (tertiary alicyclic amines) is 1. The van der Waals surface area contributed by atoms with E-state index in [2.05, 4.69) is 23.2 Å². The van der Waals surface area contributed by atoms with Gasteiger partial charge >= 0.3 is 0 Å². The van der Waals surface area contributed by atoms with E-state index < -0.39 is 0 Å². The Morgan fingerprint density at radius 2 is 2.11 bits per heavy atom. The lowest BCUT2D eigenvalue weighted by Gasteiger charge is -2.37. The lowest BCUT2D eigenvalue weighted by molar-refractivity contribution is 0.128. The van der Waals surface area contributed by atoms with Crippen LogP contribution in [0.4, 0.5) is 4.39 Å². The van der Waals surface area contributed by atoms with Crippen molar-refractivity contribution in [2.45, 2.75) is 32.2 Å². The van der Waals surface area contributed by atoms with E-state index in [0.29, 0.717) is 6.04 Å². The average molecular weight is 264 g/mol. The predicted octanol–water partition coefficient (Wildman–Crippen LogP) is 3.21. The third-order valence-electron chi connectivity index (χ3n) is 4.20. The molecule has 0 radical (unpaired) electrons. The van der Waals surface area contributed by atoms with Gasteiger partial charge in [-0.15, -0.1) is 0 Å². The van der Waals surface area contributed by atoms with Crippen molar-refractivity contribution in [2.24, 2.45) is 5.92 Å². The van der Waals surface area contributed by atoms with Gasteiger partial charge in [0.25, 0.3) is 0 Å². The Bertz CT molecular complexity index is 386. The van der Waals surface area contributed by atoms with E-state index in [9.17, 15) is 4.39 Å². The van der Waals surface area contributed by atoms with E-state index in [1.807, 2.05) is 13.1 Å². The quantitative estimate of drug-likeness (QED) is 0.878. The maximum absolute atomic E-state index is 13.4. The molecule has 0 aliphatic carbocycles. The summed E-state index contributed by atoms with van der Waals surface area (Å²) in [5, 5.41) is 3.27. The van der Waals surface area contributed by atoms with E-state index in [-0.39, 0.29) is 5.82 Å². The van der Waals surface area contributed by atoms with Gasteiger partial charge in [0.05, 0.1) is 0 Å². The number of benzene rings is 1. The summed E-state index contributed by atoms with van der Waals surface area (Å²) in [4.78, 5) is 2.51. The molecule has 0 aromatic heterocycles. The molecule has 2 rings (SSSR count). The van der Waals surface area contributed by atoms with Crippen LogP contribution in [-0.4, -0.2) is 31.6 Å². The van der Waals surface area contributed by atoms with Gasteiger partial charge in [-0.3, -0.25) is 4.90 Å². The van der Waals surface area contributed by atoms with Gasteiger partial charge in [0.2, 0.25) is 0 Å². The first-order valence-corrected chi connectivity index (χ1v) is 7.38. The number of nitrogens with zero attached hydrogens (tertiary/aromatic N) is 1. The summed E-state index contributed by atoms with van der Waals surface area (Å²) in [6.07, 6.45) is 3.53. The Morgan fingerprint density at radius 1 is 1.37 bits per heavy atom. The molecular formula is C16H25FN2. The minimum atomic E-state index is -0.124. The summed E-state index contributed by atoms with van der Waals surface area (Å²) in [7, 11) is 2.02.